The molecule has 1 saturated heterocycles. The summed E-state index contributed by atoms with van der Waals surface area (Å²) in [6.07, 6.45) is 15.7. The minimum absolute atomic E-state index is 0.521. The van der Waals surface area contributed by atoms with Crippen molar-refractivity contribution in [2.24, 2.45) is 13.0 Å². The lowest BCUT2D eigenvalue weighted by Gasteiger charge is -2.31. The largest absolute Gasteiger partial charge is 0.371 e. The number of piperidine rings is 1. The fourth-order valence-corrected chi connectivity index (χ4v) is 5.38. The van der Waals surface area contributed by atoms with Crippen molar-refractivity contribution in [2.75, 3.05) is 23.3 Å². The van der Waals surface area contributed by atoms with E-state index >= 15 is 0 Å². The molecule has 1 N–H and O–H groups in total. The summed E-state index contributed by atoms with van der Waals surface area (Å²) in [4.78, 5) is 16.5. The number of hydrogen-bond donors (Lipinski definition) is 1. The Morgan fingerprint density at radius 1 is 1.00 bits per heavy atom. The van der Waals surface area contributed by atoms with Crippen molar-refractivity contribution in [3.8, 4) is 0 Å². The van der Waals surface area contributed by atoms with Gasteiger partial charge in [-0.15, -0.1) is 0 Å². The number of nitrogens with one attached hydrogen (secondary N) is 1. The highest BCUT2D eigenvalue weighted by Crippen LogP contribution is 2.33. The van der Waals surface area contributed by atoms with Gasteiger partial charge < -0.3 is 14.8 Å². The minimum Gasteiger partial charge on any atom is -0.371 e. The summed E-state index contributed by atoms with van der Waals surface area (Å²) in [7, 11) is 2.06. The maximum atomic E-state index is 4.71. The standard InChI is InChI=1S/C25H34N6/c1-18-17-30(2)25(28-18)29-21-8-6-19(7-9-21)14-20-15-22(31-12-4-3-5-13-31)16-23-24(20)27-11-10-26-23/h10-11,15-17,19,21H,3-9,12-14H2,1-2H3,(H,28,29)/t19-,21+. The number of imidazole rings is 1. The van der Waals surface area contributed by atoms with E-state index in [4.69, 9.17) is 4.98 Å². The SMILES string of the molecule is Cc1cn(C)c(N[C@H]2CC[C@@H](Cc3cc(N4CCCCC4)cc4nccnc34)CC2)n1. The monoisotopic (exact) mass is 418 g/mol. The maximum Gasteiger partial charge on any atom is 0.202 e. The van der Waals surface area contributed by atoms with Crippen LogP contribution in [0.3, 0.4) is 0 Å². The molecule has 6 heteroatoms. The fourth-order valence-electron chi connectivity index (χ4n) is 5.38. The molecule has 0 radical (unpaired) electrons. The molecule has 0 unspecified atom stereocenters. The number of aromatic nitrogens is 4. The third-order valence-electron chi connectivity index (χ3n) is 7.04. The van der Waals surface area contributed by atoms with E-state index in [2.05, 4.69) is 50.1 Å². The molecule has 3 aromatic rings. The van der Waals surface area contributed by atoms with Gasteiger partial charge in [-0.05, 0) is 81.9 Å². The van der Waals surface area contributed by atoms with Crippen molar-refractivity contribution in [1.29, 1.82) is 0 Å². The van der Waals surface area contributed by atoms with Gasteiger partial charge in [-0.1, -0.05) is 0 Å². The zero-order valence-corrected chi connectivity index (χ0v) is 18.8. The smallest absolute Gasteiger partial charge is 0.202 e. The van der Waals surface area contributed by atoms with E-state index in [1.807, 2.05) is 19.3 Å². The lowest BCUT2D eigenvalue weighted by Crippen LogP contribution is -2.29. The second-order valence-electron chi connectivity index (χ2n) is 9.46. The topological polar surface area (TPSA) is 58.9 Å². The molecule has 0 bridgehead atoms. The predicted molar refractivity (Wildman–Crippen MR) is 127 cm³/mol. The van der Waals surface area contributed by atoms with Crippen LogP contribution in [0.5, 0.6) is 0 Å². The third kappa shape index (κ3) is 4.53. The van der Waals surface area contributed by atoms with Crippen LogP contribution in [-0.4, -0.2) is 38.7 Å². The summed E-state index contributed by atoms with van der Waals surface area (Å²) in [5.41, 5.74) is 5.92. The number of rotatable bonds is 5. The molecule has 6 nitrogen and oxygen atoms in total. The molecule has 1 aliphatic carbocycles. The third-order valence-corrected chi connectivity index (χ3v) is 7.04. The average Bonchev–Trinajstić information content (AvgIpc) is 3.12. The number of anilines is 2. The number of nitrogens with zero attached hydrogens (tertiary/aromatic N) is 5. The van der Waals surface area contributed by atoms with E-state index in [0.717, 1.165) is 42.2 Å². The Morgan fingerprint density at radius 3 is 2.52 bits per heavy atom. The number of fused-ring (bicyclic) bond motifs is 1. The van der Waals surface area contributed by atoms with Gasteiger partial charge in [0.1, 0.15) is 0 Å². The summed E-state index contributed by atoms with van der Waals surface area (Å²) < 4.78 is 2.10. The fraction of sp³-hybridized carbons (Fsp3) is 0.560. The molecule has 1 saturated carbocycles. The highest BCUT2D eigenvalue weighted by atomic mass is 15.2. The molecule has 164 valence electrons. The Morgan fingerprint density at radius 2 is 1.77 bits per heavy atom. The van der Waals surface area contributed by atoms with Crippen molar-refractivity contribution in [2.45, 2.75) is 64.3 Å². The van der Waals surface area contributed by atoms with Crippen LogP contribution in [0.2, 0.25) is 0 Å². The van der Waals surface area contributed by atoms with E-state index in [1.54, 1.807) is 0 Å². The first-order valence-corrected chi connectivity index (χ1v) is 11.9. The molecule has 2 aromatic heterocycles. The lowest BCUT2D eigenvalue weighted by molar-refractivity contribution is 0.335. The molecule has 0 amide bonds. The van der Waals surface area contributed by atoms with Gasteiger partial charge in [0.25, 0.3) is 0 Å². The van der Waals surface area contributed by atoms with Crippen LogP contribution in [0.4, 0.5) is 11.6 Å². The Kier molecular flexibility index (Phi) is 5.79. The first-order chi connectivity index (χ1) is 15.2. The first-order valence-electron chi connectivity index (χ1n) is 11.9. The highest BCUT2D eigenvalue weighted by molar-refractivity contribution is 5.82. The van der Waals surface area contributed by atoms with Gasteiger partial charge in [-0.2, -0.15) is 0 Å². The van der Waals surface area contributed by atoms with Gasteiger partial charge in [-0.3, -0.25) is 9.97 Å². The molecule has 3 heterocycles. The van der Waals surface area contributed by atoms with Crippen LogP contribution >= 0.6 is 0 Å². The Labute approximate surface area is 185 Å². The van der Waals surface area contributed by atoms with Crippen molar-refractivity contribution >= 4 is 22.7 Å². The summed E-state index contributed by atoms with van der Waals surface area (Å²) in [5.74, 6) is 1.71. The lowest BCUT2D eigenvalue weighted by atomic mass is 9.82. The Balaban J connectivity index is 1.28. The first kappa shape index (κ1) is 20.3. The van der Waals surface area contributed by atoms with E-state index in [1.165, 1.54) is 56.2 Å². The van der Waals surface area contributed by atoms with Gasteiger partial charge in [-0.25, -0.2) is 4.98 Å². The van der Waals surface area contributed by atoms with Crippen LogP contribution in [0.1, 0.15) is 56.2 Å². The summed E-state index contributed by atoms with van der Waals surface area (Å²) in [6, 6.07) is 5.17. The zero-order chi connectivity index (χ0) is 21.2. The van der Waals surface area contributed by atoms with Crippen LogP contribution in [0.25, 0.3) is 11.0 Å². The second-order valence-corrected chi connectivity index (χ2v) is 9.46. The molecule has 1 aromatic carbocycles. The number of benzene rings is 1. The molecule has 1 aliphatic heterocycles. The Hall–Kier alpha value is -2.63. The Bertz CT molecular complexity index is 1030. The normalized spacial score (nSPS) is 22.1. The van der Waals surface area contributed by atoms with Crippen molar-refractivity contribution < 1.29 is 0 Å². The number of aryl methyl sites for hydroxylation is 2. The van der Waals surface area contributed by atoms with E-state index in [0.29, 0.717) is 12.0 Å². The predicted octanol–water partition coefficient (Wildman–Crippen LogP) is 4.88. The average molecular weight is 419 g/mol. The molecule has 5 rings (SSSR count). The molecular formula is C25H34N6. The van der Waals surface area contributed by atoms with Crippen molar-refractivity contribution in [3.05, 3.63) is 42.0 Å². The van der Waals surface area contributed by atoms with Gasteiger partial charge in [0.05, 0.1) is 16.7 Å². The summed E-state index contributed by atoms with van der Waals surface area (Å²) >= 11 is 0. The van der Waals surface area contributed by atoms with E-state index < -0.39 is 0 Å². The van der Waals surface area contributed by atoms with Crippen LogP contribution in [-0.2, 0) is 13.5 Å². The molecule has 0 atom stereocenters. The van der Waals surface area contributed by atoms with Crippen LogP contribution in [0, 0.1) is 12.8 Å². The van der Waals surface area contributed by atoms with Gasteiger partial charge in [0.2, 0.25) is 5.95 Å². The molecular weight excluding hydrogens is 384 g/mol. The highest BCUT2D eigenvalue weighted by Gasteiger charge is 2.24. The molecule has 2 fully saturated rings. The zero-order valence-electron chi connectivity index (χ0n) is 18.8. The number of hydrogen-bond acceptors (Lipinski definition) is 5. The minimum atomic E-state index is 0.521. The van der Waals surface area contributed by atoms with Crippen LogP contribution in [0.15, 0.2) is 30.7 Å². The van der Waals surface area contributed by atoms with E-state index in [9.17, 15) is 0 Å². The summed E-state index contributed by atoms with van der Waals surface area (Å²) in [5, 5.41) is 3.66. The van der Waals surface area contributed by atoms with Gasteiger partial charge >= 0.3 is 0 Å². The summed E-state index contributed by atoms with van der Waals surface area (Å²) in [6.45, 7) is 4.37. The molecule has 2 aliphatic rings. The molecule has 31 heavy (non-hydrogen) atoms. The van der Waals surface area contributed by atoms with E-state index in [-0.39, 0.29) is 0 Å². The van der Waals surface area contributed by atoms with Crippen molar-refractivity contribution in [3.63, 3.8) is 0 Å². The van der Waals surface area contributed by atoms with Gasteiger partial charge in [0.15, 0.2) is 0 Å². The quantitative estimate of drug-likeness (QED) is 0.640. The molecule has 0 spiro atoms. The van der Waals surface area contributed by atoms with Crippen molar-refractivity contribution in [1.82, 2.24) is 19.5 Å². The van der Waals surface area contributed by atoms with Gasteiger partial charge in [0, 0.05) is 50.5 Å². The second kappa shape index (κ2) is 8.85. The maximum absolute atomic E-state index is 4.71. The van der Waals surface area contributed by atoms with Crippen LogP contribution < -0.4 is 10.2 Å².